The first-order chi connectivity index (χ1) is 14.3. The smallest absolute Gasteiger partial charge is 0.242 e. The van der Waals surface area contributed by atoms with Crippen LogP contribution in [0.1, 0.15) is 26.3 Å². The van der Waals surface area contributed by atoms with Gasteiger partial charge >= 0.3 is 0 Å². The Morgan fingerprint density at radius 3 is 2.27 bits per heavy atom. The number of hydrogen-bond acceptors (Lipinski definition) is 4. The number of nitrogens with one attached hydrogen (secondary N) is 1. The Labute approximate surface area is 188 Å². The van der Waals surface area contributed by atoms with Gasteiger partial charge in [-0.25, -0.2) is 0 Å². The average molecular weight is 449 g/mol. The van der Waals surface area contributed by atoms with Crippen LogP contribution >= 0.6 is 23.4 Å². The summed E-state index contributed by atoms with van der Waals surface area (Å²) in [6.45, 7) is 6.76. The summed E-state index contributed by atoms with van der Waals surface area (Å²) in [4.78, 5) is 28.3. The van der Waals surface area contributed by atoms with Gasteiger partial charge in [-0.15, -0.1) is 11.8 Å². The number of halogens is 1. The van der Waals surface area contributed by atoms with Crippen molar-refractivity contribution in [2.24, 2.45) is 5.92 Å². The van der Waals surface area contributed by atoms with Crippen LogP contribution < -0.4 is 10.1 Å². The number of thioether (sulfide) groups is 1. The third kappa shape index (κ3) is 7.58. The Kier molecular flexibility index (Phi) is 9.53. The van der Waals surface area contributed by atoms with Crippen LogP contribution in [0, 0.1) is 5.92 Å². The minimum Gasteiger partial charge on any atom is -0.497 e. The second-order valence-corrected chi connectivity index (χ2v) is 8.91. The zero-order valence-electron chi connectivity index (χ0n) is 17.9. The minimum absolute atomic E-state index is 0.0991. The predicted octanol–water partition coefficient (Wildman–Crippen LogP) is 4.63. The molecule has 7 heteroatoms. The molecule has 0 saturated carbocycles. The van der Waals surface area contributed by atoms with Crippen molar-refractivity contribution < 1.29 is 14.3 Å². The van der Waals surface area contributed by atoms with Crippen molar-refractivity contribution in [3.63, 3.8) is 0 Å². The Bertz CT molecular complexity index is 825. The van der Waals surface area contributed by atoms with Crippen LogP contribution in [0.15, 0.2) is 53.4 Å². The number of nitrogens with zero attached hydrogens (tertiary/aromatic N) is 1. The molecule has 2 amide bonds. The Hall–Kier alpha value is -2.18. The molecule has 5 nitrogen and oxygen atoms in total. The Morgan fingerprint density at radius 2 is 1.70 bits per heavy atom. The number of methoxy groups -OCH3 is 1. The van der Waals surface area contributed by atoms with Crippen LogP contribution in [-0.2, 0) is 16.1 Å². The number of benzene rings is 2. The highest BCUT2D eigenvalue weighted by Gasteiger charge is 2.26. The molecule has 2 aromatic rings. The number of carbonyl (C=O) groups excluding carboxylic acids is 2. The van der Waals surface area contributed by atoms with E-state index in [4.69, 9.17) is 16.3 Å². The van der Waals surface area contributed by atoms with Gasteiger partial charge in [-0.3, -0.25) is 9.59 Å². The molecule has 0 saturated heterocycles. The molecule has 2 aromatic carbocycles. The van der Waals surface area contributed by atoms with Crippen molar-refractivity contribution in [1.29, 1.82) is 0 Å². The number of rotatable bonds is 10. The molecule has 0 radical (unpaired) electrons. The highest BCUT2D eigenvalue weighted by molar-refractivity contribution is 8.00. The maximum Gasteiger partial charge on any atom is 0.242 e. The Morgan fingerprint density at radius 1 is 1.07 bits per heavy atom. The van der Waals surface area contributed by atoms with E-state index in [9.17, 15) is 9.59 Å². The summed E-state index contributed by atoms with van der Waals surface area (Å²) in [6.07, 6.45) is 0. The van der Waals surface area contributed by atoms with E-state index in [-0.39, 0.29) is 17.6 Å². The Balaban J connectivity index is 2.12. The average Bonchev–Trinajstić information content (AvgIpc) is 2.75. The largest absolute Gasteiger partial charge is 0.497 e. The maximum atomic E-state index is 13.1. The fourth-order valence-electron chi connectivity index (χ4n) is 2.72. The number of hydrogen-bond donors (Lipinski definition) is 1. The van der Waals surface area contributed by atoms with Crippen LogP contribution in [0.25, 0.3) is 0 Å². The van der Waals surface area contributed by atoms with Crippen LogP contribution in [0.3, 0.4) is 0 Å². The van der Waals surface area contributed by atoms with Gasteiger partial charge in [0.15, 0.2) is 0 Å². The lowest BCUT2D eigenvalue weighted by atomic mass is 10.1. The molecule has 0 fully saturated rings. The number of amides is 2. The summed E-state index contributed by atoms with van der Waals surface area (Å²) < 4.78 is 5.20. The third-order valence-corrected chi connectivity index (χ3v) is 5.79. The lowest BCUT2D eigenvalue weighted by Gasteiger charge is -2.29. The quantitative estimate of drug-likeness (QED) is 0.538. The molecule has 2 rings (SSSR count). The summed E-state index contributed by atoms with van der Waals surface area (Å²) in [7, 11) is 1.61. The lowest BCUT2D eigenvalue weighted by Crippen LogP contribution is -2.48. The van der Waals surface area contributed by atoms with Crippen molar-refractivity contribution in [2.45, 2.75) is 38.3 Å². The summed E-state index contributed by atoms with van der Waals surface area (Å²) in [5.41, 5.74) is 0.934. The van der Waals surface area contributed by atoms with E-state index in [1.807, 2.05) is 50.2 Å². The monoisotopic (exact) mass is 448 g/mol. The highest BCUT2D eigenvalue weighted by atomic mass is 35.5. The molecule has 162 valence electrons. The van der Waals surface area contributed by atoms with Gasteiger partial charge in [0.1, 0.15) is 11.8 Å². The van der Waals surface area contributed by atoms with Crippen molar-refractivity contribution in [2.75, 3.05) is 19.4 Å². The lowest BCUT2D eigenvalue weighted by molar-refractivity contribution is -0.138. The van der Waals surface area contributed by atoms with Gasteiger partial charge in [0.25, 0.3) is 0 Å². The van der Waals surface area contributed by atoms with Crippen molar-refractivity contribution in [1.82, 2.24) is 10.2 Å². The second kappa shape index (κ2) is 11.9. The SMILES string of the molecule is COc1ccc(CN(C(=O)CSc2ccc(Cl)cc2)C(C)C(=O)NCC(C)C)cc1. The van der Waals surface area contributed by atoms with E-state index < -0.39 is 6.04 Å². The van der Waals surface area contributed by atoms with Gasteiger partial charge in [-0.05, 0) is 54.8 Å². The van der Waals surface area contributed by atoms with E-state index in [0.717, 1.165) is 16.2 Å². The fourth-order valence-corrected chi connectivity index (χ4v) is 3.63. The van der Waals surface area contributed by atoms with Gasteiger partial charge in [0.2, 0.25) is 11.8 Å². The summed E-state index contributed by atoms with van der Waals surface area (Å²) in [5.74, 6) is 1.07. The molecule has 0 heterocycles. The van der Waals surface area contributed by atoms with Gasteiger partial charge in [-0.1, -0.05) is 37.6 Å². The standard InChI is InChI=1S/C23H29ClN2O3S/c1-16(2)13-25-23(28)17(3)26(14-18-5-9-20(29-4)10-6-18)22(27)15-30-21-11-7-19(24)8-12-21/h5-12,16-17H,13-15H2,1-4H3,(H,25,28). The van der Waals surface area contributed by atoms with Crippen molar-refractivity contribution >= 4 is 35.2 Å². The zero-order valence-corrected chi connectivity index (χ0v) is 19.4. The first kappa shape index (κ1) is 24.1. The van der Waals surface area contributed by atoms with Gasteiger partial charge < -0.3 is 15.0 Å². The van der Waals surface area contributed by atoms with Crippen molar-refractivity contribution in [3.05, 3.63) is 59.1 Å². The molecule has 0 aliphatic heterocycles. The minimum atomic E-state index is -0.579. The molecule has 1 unspecified atom stereocenters. The molecule has 0 aromatic heterocycles. The van der Waals surface area contributed by atoms with Gasteiger partial charge in [0, 0.05) is 23.0 Å². The first-order valence-electron chi connectivity index (χ1n) is 9.88. The maximum absolute atomic E-state index is 13.1. The number of carbonyl (C=O) groups is 2. The summed E-state index contributed by atoms with van der Waals surface area (Å²) in [5, 5.41) is 3.58. The van der Waals surface area contributed by atoms with E-state index in [0.29, 0.717) is 24.0 Å². The molecule has 0 aliphatic carbocycles. The van der Waals surface area contributed by atoms with Crippen LogP contribution in [0.5, 0.6) is 5.75 Å². The summed E-state index contributed by atoms with van der Waals surface area (Å²) >= 11 is 7.36. The molecule has 0 aliphatic rings. The topological polar surface area (TPSA) is 58.6 Å². The van der Waals surface area contributed by atoms with Gasteiger partial charge in [-0.2, -0.15) is 0 Å². The van der Waals surface area contributed by atoms with Gasteiger partial charge in [0.05, 0.1) is 12.9 Å². The van der Waals surface area contributed by atoms with Crippen molar-refractivity contribution in [3.8, 4) is 5.75 Å². The molecular formula is C23H29ClN2O3S. The van der Waals surface area contributed by atoms with E-state index in [1.165, 1.54) is 11.8 Å². The third-order valence-electron chi connectivity index (χ3n) is 4.54. The molecule has 30 heavy (non-hydrogen) atoms. The zero-order chi connectivity index (χ0) is 22.1. The van der Waals surface area contributed by atoms with Crippen LogP contribution in [-0.4, -0.2) is 42.2 Å². The number of ether oxygens (including phenoxy) is 1. The first-order valence-corrected chi connectivity index (χ1v) is 11.2. The van der Waals surface area contributed by atoms with E-state index in [1.54, 1.807) is 31.1 Å². The molecular weight excluding hydrogens is 420 g/mol. The predicted molar refractivity (Wildman–Crippen MR) is 123 cm³/mol. The highest BCUT2D eigenvalue weighted by Crippen LogP contribution is 2.22. The second-order valence-electron chi connectivity index (χ2n) is 7.43. The molecule has 1 N–H and O–H groups in total. The molecule has 1 atom stereocenters. The molecule has 0 bridgehead atoms. The van der Waals surface area contributed by atoms with Crippen LogP contribution in [0.4, 0.5) is 0 Å². The normalized spacial score (nSPS) is 11.8. The van der Waals surface area contributed by atoms with E-state index >= 15 is 0 Å². The van der Waals surface area contributed by atoms with E-state index in [2.05, 4.69) is 5.32 Å². The summed E-state index contributed by atoms with van der Waals surface area (Å²) in [6, 6.07) is 14.3. The molecule has 0 spiro atoms. The fraction of sp³-hybridized carbons (Fsp3) is 0.391. The van der Waals surface area contributed by atoms with Crippen LogP contribution in [0.2, 0.25) is 5.02 Å².